The van der Waals surface area contributed by atoms with Crippen LogP contribution in [0, 0.1) is 5.92 Å². The second kappa shape index (κ2) is 6.24. The molecule has 124 valence electrons. The Hall–Kier alpha value is -1.01. The molecule has 1 aromatic heterocycles. The van der Waals surface area contributed by atoms with Crippen LogP contribution in [0.2, 0.25) is 0 Å². The van der Waals surface area contributed by atoms with Gasteiger partial charge in [-0.2, -0.15) is 0 Å². The number of nitrogens with zero attached hydrogens (tertiary/aromatic N) is 5. The van der Waals surface area contributed by atoms with Crippen molar-refractivity contribution in [1.29, 1.82) is 0 Å². The third-order valence-corrected chi connectivity index (χ3v) is 5.22. The van der Waals surface area contributed by atoms with E-state index in [2.05, 4.69) is 41.2 Å². The van der Waals surface area contributed by atoms with Crippen LogP contribution in [0.3, 0.4) is 0 Å². The Morgan fingerprint density at radius 2 is 1.86 bits per heavy atom. The van der Waals surface area contributed by atoms with Crippen molar-refractivity contribution in [2.45, 2.75) is 76.9 Å². The second-order valence-corrected chi connectivity index (χ2v) is 7.90. The predicted octanol–water partition coefficient (Wildman–Crippen LogP) is 2.12. The van der Waals surface area contributed by atoms with Crippen LogP contribution < -0.4 is 0 Å². The van der Waals surface area contributed by atoms with Gasteiger partial charge in [-0.3, -0.25) is 4.90 Å². The molecular weight excluding hydrogens is 278 g/mol. The highest BCUT2D eigenvalue weighted by atomic mass is 16.3. The van der Waals surface area contributed by atoms with E-state index in [9.17, 15) is 5.11 Å². The number of rotatable bonds is 4. The first-order valence-electron chi connectivity index (χ1n) is 8.66. The summed E-state index contributed by atoms with van der Waals surface area (Å²) in [5.41, 5.74) is -0.116. The Balaban J connectivity index is 1.83. The molecule has 0 unspecified atom stereocenters. The van der Waals surface area contributed by atoms with Crippen LogP contribution in [-0.4, -0.2) is 49.4 Å². The molecule has 0 spiro atoms. The lowest BCUT2D eigenvalue weighted by atomic mass is 10.1. The van der Waals surface area contributed by atoms with Crippen molar-refractivity contribution in [3.05, 3.63) is 5.82 Å². The van der Waals surface area contributed by atoms with Crippen molar-refractivity contribution in [3.63, 3.8) is 0 Å². The summed E-state index contributed by atoms with van der Waals surface area (Å²) in [6.45, 7) is 7.71. The minimum absolute atomic E-state index is 0.116. The molecular formula is C16H29N5O. The summed E-state index contributed by atoms with van der Waals surface area (Å²) in [4.78, 5) is 2.48. The zero-order chi connectivity index (χ0) is 15.7. The van der Waals surface area contributed by atoms with E-state index in [4.69, 9.17) is 0 Å². The topological polar surface area (TPSA) is 67.1 Å². The molecule has 0 aromatic carbocycles. The Bertz CT molecular complexity index is 489. The van der Waals surface area contributed by atoms with Crippen molar-refractivity contribution in [1.82, 2.24) is 25.1 Å². The number of hydrogen-bond donors (Lipinski definition) is 1. The monoisotopic (exact) mass is 307 g/mol. The van der Waals surface area contributed by atoms with E-state index in [-0.39, 0.29) is 24.2 Å². The average Bonchev–Trinajstić information content (AvgIpc) is 3.17. The van der Waals surface area contributed by atoms with Gasteiger partial charge in [-0.05, 0) is 62.8 Å². The number of aromatic nitrogens is 4. The number of aliphatic hydroxyl groups excluding tert-OH is 1. The van der Waals surface area contributed by atoms with E-state index < -0.39 is 0 Å². The molecule has 1 aliphatic carbocycles. The van der Waals surface area contributed by atoms with Gasteiger partial charge in [0, 0.05) is 12.6 Å². The zero-order valence-corrected chi connectivity index (χ0v) is 14.1. The van der Waals surface area contributed by atoms with Crippen molar-refractivity contribution < 1.29 is 5.11 Å². The summed E-state index contributed by atoms with van der Waals surface area (Å²) in [5.74, 6) is 1.73. The fraction of sp³-hybridized carbons (Fsp3) is 0.938. The van der Waals surface area contributed by atoms with Crippen molar-refractivity contribution in [3.8, 4) is 0 Å². The first-order chi connectivity index (χ1) is 10.5. The maximum absolute atomic E-state index is 9.75. The maximum atomic E-state index is 9.75. The molecule has 0 amide bonds. The third kappa shape index (κ3) is 3.04. The highest BCUT2D eigenvalue weighted by Gasteiger charge is 2.39. The predicted molar refractivity (Wildman–Crippen MR) is 84.3 cm³/mol. The summed E-state index contributed by atoms with van der Waals surface area (Å²) in [7, 11) is 0. The Kier molecular flexibility index (Phi) is 4.50. The standard InChI is InChI=1S/C16H29N5O/c1-16(2,3)21-15(17-18-19-21)14-9-8-13(11-22)20(14)10-12-6-4-5-7-12/h12-14,22H,4-11H2,1-3H3/t13-,14+/m0/s1. The molecule has 1 saturated carbocycles. The summed E-state index contributed by atoms with van der Waals surface area (Å²) in [6.07, 6.45) is 7.43. The molecule has 2 atom stereocenters. The van der Waals surface area contributed by atoms with Crippen LogP contribution in [0.4, 0.5) is 0 Å². The van der Waals surface area contributed by atoms with Crippen molar-refractivity contribution in [2.24, 2.45) is 5.92 Å². The van der Waals surface area contributed by atoms with E-state index in [0.29, 0.717) is 0 Å². The first kappa shape index (κ1) is 15.9. The smallest absolute Gasteiger partial charge is 0.168 e. The molecule has 2 fully saturated rings. The molecule has 1 aliphatic heterocycles. The van der Waals surface area contributed by atoms with Gasteiger partial charge < -0.3 is 5.11 Å². The van der Waals surface area contributed by atoms with Gasteiger partial charge in [0.1, 0.15) is 0 Å². The largest absolute Gasteiger partial charge is 0.395 e. The highest BCUT2D eigenvalue weighted by Crippen LogP contribution is 2.38. The second-order valence-electron chi connectivity index (χ2n) is 7.90. The fourth-order valence-electron chi connectivity index (χ4n) is 4.06. The van der Waals surface area contributed by atoms with Gasteiger partial charge in [0.2, 0.25) is 0 Å². The van der Waals surface area contributed by atoms with Gasteiger partial charge >= 0.3 is 0 Å². The molecule has 2 heterocycles. The fourth-order valence-corrected chi connectivity index (χ4v) is 4.06. The van der Waals surface area contributed by atoms with Crippen LogP contribution in [0.1, 0.15) is 71.2 Å². The lowest BCUT2D eigenvalue weighted by Gasteiger charge is -2.32. The summed E-state index contributed by atoms with van der Waals surface area (Å²) >= 11 is 0. The normalized spacial score (nSPS) is 27.8. The van der Waals surface area contributed by atoms with E-state index >= 15 is 0 Å². The van der Waals surface area contributed by atoms with Crippen LogP contribution in [0.5, 0.6) is 0 Å². The minimum Gasteiger partial charge on any atom is -0.395 e. The van der Waals surface area contributed by atoms with E-state index in [0.717, 1.165) is 31.1 Å². The lowest BCUT2D eigenvalue weighted by molar-refractivity contribution is 0.104. The van der Waals surface area contributed by atoms with Crippen LogP contribution >= 0.6 is 0 Å². The van der Waals surface area contributed by atoms with E-state index in [1.165, 1.54) is 25.7 Å². The molecule has 6 heteroatoms. The summed E-state index contributed by atoms with van der Waals surface area (Å²) in [5, 5.41) is 22.2. The zero-order valence-electron chi connectivity index (χ0n) is 14.1. The molecule has 6 nitrogen and oxygen atoms in total. The third-order valence-electron chi connectivity index (χ3n) is 5.22. The lowest BCUT2D eigenvalue weighted by Crippen LogP contribution is -2.39. The van der Waals surface area contributed by atoms with Crippen LogP contribution in [0.25, 0.3) is 0 Å². The van der Waals surface area contributed by atoms with Crippen molar-refractivity contribution in [2.75, 3.05) is 13.2 Å². The molecule has 2 aliphatic rings. The Labute approximate surface area is 132 Å². The quantitative estimate of drug-likeness (QED) is 0.923. The highest BCUT2D eigenvalue weighted by molar-refractivity contribution is 5.02. The van der Waals surface area contributed by atoms with Gasteiger partial charge in [0.15, 0.2) is 5.82 Å². The van der Waals surface area contributed by atoms with E-state index in [1.807, 2.05) is 4.68 Å². The number of tetrazole rings is 1. The molecule has 22 heavy (non-hydrogen) atoms. The molecule has 0 radical (unpaired) electrons. The summed E-state index contributed by atoms with van der Waals surface area (Å²) < 4.78 is 1.96. The van der Waals surface area contributed by atoms with E-state index in [1.54, 1.807) is 0 Å². The van der Waals surface area contributed by atoms with Gasteiger partial charge in [-0.25, -0.2) is 4.68 Å². The number of likely N-dealkylation sites (tertiary alicyclic amines) is 1. The van der Waals surface area contributed by atoms with Crippen LogP contribution in [-0.2, 0) is 5.54 Å². The number of aliphatic hydroxyl groups is 1. The summed E-state index contributed by atoms with van der Waals surface area (Å²) in [6, 6.07) is 0.502. The first-order valence-corrected chi connectivity index (χ1v) is 8.66. The average molecular weight is 307 g/mol. The van der Waals surface area contributed by atoms with Gasteiger partial charge in [0.05, 0.1) is 18.2 Å². The maximum Gasteiger partial charge on any atom is 0.168 e. The molecule has 1 N–H and O–H groups in total. The molecule has 3 rings (SSSR count). The van der Waals surface area contributed by atoms with Gasteiger partial charge in [0.25, 0.3) is 0 Å². The molecule has 0 bridgehead atoms. The Morgan fingerprint density at radius 1 is 1.14 bits per heavy atom. The van der Waals surface area contributed by atoms with Crippen LogP contribution in [0.15, 0.2) is 0 Å². The van der Waals surface area contributed by atoms with Gasteiger partial charge in [-0.15, -0.1) is 5.10 Å². The molecule has 1 aromatic rings. The minimum atomic E-state index is -0.116. The van der Waals surface area contributed by atoms with Gasteiger partial charge in [-0.1, -0.05) is 12.8 Å². The SMILES string of the molecule is CC(C)(C)n1nnnc1[C@H]1CC[C@@H](CO)N1CC1CCCC1. The molecule has 1 saturated heterocycles. The Morgan fingerprint density at radius 3 is 2.50 bits per heavy atom. The number of hydrogen-bond acceptors (Lipinski definition) is 5. The van der Waals surface area contributed by atoms with Crippen molar-refractivity contribution >= 4 is 0 Å².